The highest BCUT2D eigenvalue weighted by Crippen LogP contribution is 2.32. The van der Waals surface area contributed by atoms with Crippen molar-refractivity contribution in [2.24, 2.45) is 17.4 Å². The Morgan fingerprint density at radius 3 is 2.92 bits per heavy atom. The second-order valence-corrected chi connectivity index (χ2v) is 5.99. The molecule has 3 rings (SSSR count). The van der Waals surface area contributed by atoms with Crippen molar-refractivity contribution in [3.8, 4) is 5.75 Å². The van der Waals surface area contributed by atoms with Crippen LogP contribution in [0.3, 0.4) is 0 Å². The number of aliphatic carboxylic acids is 1. The van der Waals surface area contributed by atoms with E-state index in [0.29, 0.717) is 31.0 Å². The second-order valence-electron chi connectivity index (χ2n) is 5.99. The number of rotatable bonds is 3. The van der Waals surface area contributed by atoms with Crippen LogP contribution < -0.4 is 16.8 Å². The number of nitrogens with two attached hydrogens (primary N) is 2. The number of phenols is 1. The molecule has 2 unspecified atom stereocenters. The SMILES string of the molecule is NC1=C(/C=C(\N)c2cccc(F)c2O)N2CC(C(=O)O)CC2CN1. The summed E-state index contributed by atoms with van der Waals surface area (Å²) in [6.07, 6.45) is 2.05. The van der Waals surface area contributed by atoms with Gasteiger partial charge in [-0.2, -0.15) is 0 Å². The molecule has 24 heavy (non-hydrogen) atoms. The van der Waals surface area contributed by atoms with E-state index in [4.69, 9.17) is 11.5 Å². The van der Waals surface area contributed by atoms with Gasteiger partial charge in [-0.25, -0.2) is 4.39 Å². The Morgan fingerprint density at radius 2 is 2.21 bits per heavy atom. The summed E-state index contributed by atoms with van der Waals surface area (Å²) in [5.41, 5.74) is 12.9. The number of hydrogen-bond donors (Lipinski definition) is 5. The highest BCUT2D eigenvalue weighted by molar-refractivity contribution is 5.72. The van der Waals surface area contributed by atoms with Crippen LogP contribution in [0.5, 0.6) is 5.75 Å². The van der Waals surface area contributed by atoms with E-state index in [1.807, 2.05) is 4.90 Å². The zero-order chi connectivity index (χ0) is 17.4. The molecule has 2 aliphatic rings. The molecule has 7 N–H and O–H groups in total. The molecule has 0 spiro atoms. The van der Waals surface area contributed by atoms with Gasteiger partial charge in [0, 0.05) is 30.4 Å². The molecule has 0 radical (unpaired) electrons. The number of nitrogens with one attached hydrogen (secondary N) is 1. The Morgan fingerprint density at radius 1 is 1.46 bits per heavy atom. The summed E-state index contributed by atoms with van der Waals surface area (Å²) in [6.45, 7) is 0.884. The molecule has 0 saturated carbocycles. The summed E-state index contributed by atoms with van der Waals surface area (Å²) in [4.78, 5) is 13.1. The minimum Gasteiger partial charge on any atom is -0.504 e. The third kappa shape index (κ3) is 2.70. The molecule has 0 bridgehead atoms. The number of carboxylic acid groups (broad SMARTS) is 1. The fraction of sp³-hybridized carbons (Fsp3) is 0.312. The standard InChI is InChI=1S/C16H19FN4O3/c17-11-3-1-2-10(14(11)22)12(18)5-13-15(19)20-6-9-4-8(16(23)24)7-21(9)13/h1-3,5,8-9,20,22H,4,6-7,18-19H2,(H,23,24)/b12-5-. The smallest absolute Gasteiger partial charge is 0.308 e. The number of phenolic OH excluding ortho intramolecular Hbond substituents is 1. The minimum atomic E-state index is -0.845. The summed E-state index contributed by atoms with van der Waals surface area (Å²) in [6, 6.07) is 4.08. The van der Waals surface area contributed by atoms with Crippen molar-refractivity contribution >= 4 is 11.7 Å². The quantitative estimate of drug-likeness (QED) is 0.540. The van der Waals surface area contributed by atoms with Crippen molar-refractivity contribution in [2.45, 2.75) is 12.5 Å². The third-order valence-electron chi connectivity index (χ3n) is 4.47. The highest BCUT2D eigenvalue weighted by atomic mass is 19.1. The first-order valence-corrected chi connectivity index (χ1v) is 7.56. The Balaban J connectivity index is 1.95. The molecule has 0 amide bonds. The van der Waals surface area contributed by atoms with Gasteiger partial charge in [-0.15, -0.1) is 0 Å². The van der Waals surface area contributed by atoms with Crippen LogP contribution >= 0.6 is 0 Å². The number of nitrogens with zero attached hydrogens (tertiary/aromatic N) is 1. The topological polar surface area (TPSA) is 125 Å². The van der Waals surface area contributed by atoms with Crippen molar-refractivity contribution in [3.63, 3.8) is 0 Å². The third-order valence-corrected chi connectivity index (χ3v) is 4.47. The predicted octanol–water partition coefficient (Wildman–Crippen LogP) is 0.337. The Labute approximate surface area is 138 Å². The lowest BCUT2D eigenvalue weighted by Crippen LogP contribution is -2.45. The maximum absolute atomic E-state index is 13.5. The van der Waals surface area contributed by atoms with Crippen LogP contribution in [-0.2, 0) is 4.79 Å². The van der Waals surface area contributed by atoms with E-state index in [1.54, 1.807) is 0 Å². The average Bonchev–Trinajstić information content (AvgIpc) is 2.97. The van der Waals surface area contributed by atoms with E-state index >= 15 is 0 Å². The van der Waals surface area contributed by atoms with E-state index in [1.165, 1.54) is 18.2 Å². The van der Waals surface area contributed by atoms with Crippen LogP contribution in [-0.4, -0.2) is 40.2 Å². The minimum absolute atomic E-state index is 0.00134. The van der Waals surface area contributed by atoms with E-state index in [9.17, 15) is 19.4 Å². The second kappa shape index (κ2) is 5.95. The van der Waals surface area contributed by atoms with E-state index in [-0.39, 0.29) is 17.3 Å². The van der Waals surface area contributed by atoms with Crippen LogP contribution in [0.2, 0.25) is 0 Å². The molecular formula is C16H19FN4O3. The number of carbonyl (C=O) groups is 1. The number of para-hydroxylation sites is 1. The molecule has 128 valence electrons. The Hall–Kier alpha value is -2.90. The van der Waals surface area contributed by atoms with Crippen LogP contribution in [0.15, 0.2) is 35.8 Å². The molecule has 1 fully saturated rings. The van der Waals surface area contributed by atoms with Crippen LogP contribution in [0.4, 0.5) is 4.39 Å². The van der Waals surface area contributed by atoms with Gasteiger partial charge in [0.2, 0.25) is 0 Å². The van der Waals surface area contributed by atoms with Gasteiger partial charge in [-0.05, 0) is 24.6 Å². The van der Waals surface area contributed by atoms with Gasteiger partial charge in [0.05, 0.1) is 11.6 Å². The van der Waals surface area contributed by atoms with Crippen molar-refractivity contribution < 1.29 is 19.4 Å². The van der Waals surface area contributed by atoms with Crippen molar-refractivity contribution in [1.29, 1.82) is 0 Å². The first-order valence-electron chi connectivity index (χ1n) is 7.56. The zero-order valence-electron chi connectivity index (χ0n) is 12.9. The normalized spacial score (nSPS) is 23.9. The highest BCUT2D eigenvalue weighted by Gasteiger charge is 2.39. The fourth-order valence-electron chi connectivity index (χ4n) is 3.19. The first-order chi connectivity index (χ1) is 11.4. The largest absolute Gasteiger partial charge is 0.504 e. The lowest BCUT2D eigenvalue weighted by atomic mass is 10.1. The Bertz CT molecular complexity index is 747. The molecule has 2 heterocycles. The molecule has 1 aromatic rings. The molecule has 7 nitrogen and oxygen atoms in total. The molecule has 0 aliphatic carbocycles. The van der Waals surface area contributed by atoms with Gasteiger partial charge in [0.15, 0.2) is 11.6 Å². The van der Waals surface area contributed by atoms with E-state index in [2.05, 4.69) is 5.32 Å². The summed E-state index contributed by atoms with van der Waals surface area (Å²) < 4.78 is 13.5. The fourth-order valence-corrected chi connectivity index (χ4v) is 3.19. The molecule has 1 aromatic carbocycles. The molecule has 2 atom stereocenters. The average molecular weight is 334 g/mol. The number of carboxylic acids is 1. The zero-order valence-corrected chi connectivity index (χ0v) is 12.9. The molecule has 0 aromatic heterocycles. The van der Waals surface area contributed by atoms with Gasteiger partial charge in [-0.1, -0.05) is 6.07 Å². The molecular weight excluding hydrogens is 315 g/mol. The number of benzene rings is 1. The summed E-state index contributed by atoms with van der Waals surface area (Å²) >= 11 is 0. The van der Waals surface area contributed by atoms with Gasteiger partial charge in [0.1, 0.15) is 5.82 Å². The number of allylic oxidation sites excluding steroid dienone is 1. The maximum Gasteiger partial charge on any atom is 0.308 e. The Kier molecular flexibility index (Phi) is 3.96. The number of hydrogen-bond acceptors (Lipinski definition) is 6. The maximum atomic E-state index is 13.5. The van der Waals surface area contributed by atoms with Crippen molar-refractivity contribution in [1.82, 2.24) is 10.2 Å². The van der Waals surface area contributed by atoms with E-state index < -0.39 is 23.5 Å². The van der Waals surface area contributed by atoms with Gasteiger partial charge >= 0.3 is 5.97 Å². The van der Waals surface area contributed by atoms with Crippen LogP contribution in [0.25, 0.3) is 5.70 Å². The lowest BCUT2D eigenvalue weighted by Gasteiger charge is -2.34. The summed E-state index contributed by atoms with van der Waals surface area (Å²) in [5.74, 6) is -2.25. The van der Waals surface area contributed by atoms with Crippen molar-refractivity contribution in [2.75, 3.05) is 13.1 Å². The number of halogens is 1. The molecule has 2 aliphatic heterocycles. The van der Waals surface area contributed by atoms with Gasteiger partial charge < -0.3 is 31.9 Å². The van der Waals surface area contributed by atoms with Crippen LogP contribution in [0.1, 0.15) is 12.0 Å². The van der Waals surface area contributed by atoms with Gasteiger partial charge in [0.25, 0.3) is 0 Å². The predicted molar refractivity (Wildman–Crippen MR) is 85.7 cm³/mol. The van der Waals surface area contributed by atoms with Gasteiger partial charge in [-0.3, -0.25) is 4.79 Å². The molecule has 8 heteroatoms. The number of fused-ring (bicyclic) bond motifs is 1. The first kappa shape index (κ1) is 16.0. The summed E-state index contributed by atoms with van der Waals surface area (Å²) in [7, 11) is 0. The van der Waals surface area contributed by atoms with Crippen molar-refractivity contribution in [3.05, 3.63) is 47.2 Å². The molecule has 1 saturated heterocycles. The monoisotopic (exact) mass is 334 g/mol. The van der Waals surface area contributed by atoms with E-state index in [0.717, 1.165) is 6.07 Å². The summed E-state index contributed by atoms with van der Waals surface area (Å²) in [5, 5.41) is 22.1. The lowest BCUT2D eigenvalue weighted by molar-refractivity contribution is -0.141. The van der Waals surface area contributed by atoms with Crippen LogP contribution in [0, 0.1) is 11.7 Å². The number of aromatic hydroxyl groups is 1.